The normalized spacial score (nSPS) is 17.9. The smallest absolute Gasteiger partial charge is 0.0630 e. The highest BCUT2D eigenvalue weighted by Crippen LogP contribution is 2.51. The van der Waals surface area contributed by atoms with Gasteiger partial charge < -0.3 is 4.90 Å². The number of benzene rings is 9. The maximum atomic E-state index is 2.60. The maximum absolute atomic E-state index is 2.60. The molecule has 1 heteroatoms. The largest absolute Gasteiger partial charge is 0.333 e. The lowest BCUT2D eigenvalue weighted by Crippen LogP contribution is -2.37. The molecule has 9 aromatic rings. The van der Waals surface area contributed by atoms with Gasteiger partial charge in [-0.15, -0.1) is 0 Å². The standard InChI is InChI=1S/C60H43N/c1-6-18-40(19-7-1)45-30-34-56-54(36-45)55-37-46(41-20-8-2-9-21-41)31-35-57(55)61(56)47-32-33-50-53(38-47)48-28-16-17-29-49(48)59-52(43-24-12-4-13-25-43)39-51(42-22-10-3-11-23-42)58(60(50)59)44-26-14-5-15-27-44/h1-38,51,54,56H,39H2. The monoisotopic (exact) mass is 777 g/mol. The van der Waals surface area contributed by atoms with Gasteiger partial charge in [-0.2, -0.15) is 0 Å². The number of hydrogen-bond donors (Lipinski definition) is 0. The van der Waals surface area contributed by atoms with Crippen LogP contribution < -0.4 is 15.3 Å². The van der Waals surface area contributed by atoms with Gasteiger partial charge in [0.05, 0.1) is 6.04 Å². The first-order chi connectivity index (χ1) is 30.3. The molecule has 0 fully saturated rings. The van der Waals surface area contributed by atoms with Crippen molar-refractivity contribution in [2.75, 3.05) is 4.90 Å². The quantitative estimate of drug-likeness (QED) is 0.152. The van der Waals surface area contributed by atoms with E-state index in [2.05, 4.69) is 235 Å². The van der Waals surface area contributed by atoms with E-state index < -0.39 is 0 Å². The van der Waals surface area contributed by atoms with Gasteiger partial charge in [0, 0.05) is 23.2 Å². The van der Waals surface area contributed by atoms with Crippen LogP contribution in [0.2, 0.25) is 0 Å². The van der Waals surface area contributed by atoms with E-state index in [4.69, 9.17) is 0 Å². The van der Waals surface area contributed by atoms with Crippen LogP contribution in [0.4, 0.5) is 11.4 Å². The Bertz CT molecular complexity index is 3310. The van der Waals surface area contributed by atoms with Gasteiger partial charge in [0.2, 0.25) is 0 Å². The second-order valence-electron chi connectivity index (χ2n) is 16.7. The number of fused-ring (bicyclic) bond motifs is 9. The predicted molar refractivity (Wildman–Crippen MR) is 257 cm³/mol. The summed E-state index contributed by atoms with van der Waals surface area (Å²) in [6, 6.07) is 78.8. The fourth-order valence-corrected chi connectivity index (χ4v) is 10.7. The average molecular weight is 778 g/mol. The van der Waals surface area contributed by atoms with Gasteiger partial charge in [-0.25, -0.2) is 0 Å². The second kappa shape index (κ2) is 14.7. The van der Waals surface area contributed by atoms with Crippen LogP contribution >= 0.6 is 0 Å². The highest BCUT2D eigenvalue weighted by atomic mass is 15.2. The molecule has 288 valence electrons. The molecule has 0 N–H and O–H groups in total. The van der Waals surface area contributed by atoms with Crippen LogP contribution in [-0.4, -0.2) is 6.04 Å². The Morgan fingerprint density at radius 2 is 1.02 bits per heavy atom. The van der Waals surface area contributed by atoms with Gasteiger partial charge in [-0.3, -0.25) is 0 Å². The molecule has 0 bridgehead atoms. The van der Waals surface area contributed by atoms with Crippen LogP contribution in [0.5, 0.6) is 0 Å². The molecule has 0 radical (unpaired) electrons. The van der Waals surface area contributed by atoms with Gasteiger partial charge >= 0.3 is 0 Å². The summed E-state index contributed by atoms with van der Waals surface area (Å²) < 4.78 is 0. The zero-order chi connectivity index (χ0) is 40.3. The molecule has 0 aromatic heterocycles. The Morgan fingerprint density at radius 3 is 1.72 bits per heavy atom. The van der Waals surface area contributed by atoms with Crippen molar-refractivity contribution in [1.29, 1.82) is 0 Å². The molecule has 12 rings (SSSR count). The Labute approximate surface area is 357 Å². The molecule has 2 aliphatic carbocycles. The molecular weight excluding hydrogens is 735 g/mol. The Balaban J connectivity index is 1.14. The predicted octanol–water partition coefficient (Wildman–Crippen LogP) is 13.5. The van der Waals surface area contributed by atoms with Crippen molar-refractivity contribution in [3.63, 3.8) is 0 Å². The lowest BCUT2D eigenvalue weighted by Gasteiger charge is -2.31. The number of hydrogen-bond acceptors (Lipinski definition) is 1. The van der Waals surface area contributed by atoms with Gasteiger partial charge in [-0.05, 0) is 118 Å². The summed E-state index contributed by atoms with van der Waals surface area (Å²) in [6.45, 7) is 0. The Kier molecular flexibility index (Phi) is 8.52. The summed E-state index contributed by atoms with van der Waals surface area (Å²) in [7, 11) is 0. The minimum Gasteiger partial charge on any atom is -0.333 e. The van der Waals surface area contributed by atoms with Crippen molar-refractivity contribution < 1.29 is 0 Å². The van der Waals surface area contributed by atoms with E-state index in [1.807, 2.05) is 0 Å². The number of allylic oxidation sites excluding steroid dienone is 2. The molecule has 0 saturated carbocycles. The molecule has 0 amide bonds. The van der Waals surface area contributed by atoms with Crippen LogP contribution in [0.1, 0.15) is 46.1 Å². The van der Waals surface area contributed by atoms with Crippen molar-refractivity contribution in [2.45, 2.75) is 24.3 Å². The lowest BCUT2D eigenvalue weighted by molar-refractivity contribution is 0.747. The molecule has 1 aliphatic heterocycles. The van der Waals surface area contributed by atoms with Crippen LogP contribution in [-0.2, 0) is 0 Å². The highest BCUT2D eigenvalue weighted by Gasteiger charge is 2.39. The van der Waals surface area contributed by atoms with E-state index in [1.54, 1.807) is 0 Å². The van der Waals surface area contributed by atoms with Crippen LogP contribution in [0, 0.1) is 0 Å². The van der Waals surface area contributed by atoms with Crippen molar-refractivity contribution in [1.82, 2.24) is 0 Å². The molecule has 1 nitrogen and oxygen atoms in total. The van der Waals surface area contributed by atoms with Gasteiger partial charge in [0.1, 0.15) is 0 Å². The SMILES string of the molecule is C1=CC2C(C=C1c1ccccc1)c1cc(-c3ccccc3)ccc1N2c1ccc2c3c(c4ccccc4c2c1)=C(c1ccccc1)CC(c1ccccc1)C=3c1ccccc1. The zero-order valence-corrected chi connectivity index (χ0v) is 33.8. The summed E-state index contributed by atoms with van der Waals surface area (Å²) in [5.74, 6) is 0.376. The van der Waals surface area contributed by atoms with Gasteiger partial charge in [-0.1, -0.05) is 206 Å². The summed E-state index contributed by atoms with van der Waals surface area (Å²) in [5, 5.41) is 7.89. The van der Waals surface area contributed by atoms with Crippen molar-refractivity contribution >= 4 is 49.6 Å². The molecular formula is C60H43N. The number of rotatable bonds is 6. The minimum atomic E-state index is 0.141. The lowest BCUT2D eigenvalue weighted by atomic mass is 9.74. The second-order valence-corrected chi connectivity index (χ2v) is 16.7. The fraction of sp³-hybridized carbons (Fsp3) is 0.0667. The zero-order valence-electron chi connectivity index (χ0n) is 33.8. The van der Waals surface area contributed by atoms with Gasteiger partial charge in [0.15, 0.2) is 0 Å². The van der Waals surface area contributed by atoms with E-state index in [0.29, 0.717) is 0 Å². The topological polar surface area (TPSA) is 3.24 Å². The first-order valence-corrected chi connectivity index (χ1v) is 21.6. The fourth-order valence-electron chi connectivity index (χ4n) is 10.7. The molecule has 9 aromatic carbocycles. The average Bonchev–Trinajstić information content (AvgIpc) is 3.67. The molecule has 3 atom stereocenters. The summed E-state index contributed by atoms with van der Waals surface area (Å²) in [4.78, 5) is 2.60. The summed E-state index contributed by atoms with van der Waals surface area (Å²) >= 11 is 0. The van der Waals surface area contributed by atoms with E-state index in [0.717, 1.165) is 6.42 Å². The number of nitrogens with zero attached hydrogens (tertiary/aromatic N) is 1. The molecule has 3 aliphatic rings. The summed E-state index contributed by atoms with van der Waals surface area (Å²) in [6.07, 6.45) is 8.21. The Morgan fingerprint density at radius 1 is 0.426 bits per heavy atom. The van der Waals surface area contributed by atoms with E-state index in [9.17, 15) is 0 Å². The molecule has 61 heavy (non-hydrogen) atoms. The number of anilines is 2. The highest BCUT2D eigenvalue weighted by molar-refractivity contribution is 6.11. The van der Waals surface area contributed by atoms with E-state index >= 15 is 0 Å². The molecule has 0 saturated heterocycles. The van der Waals surface area contributed by atoms with Gasteiger partial charge in [0.25, 0.3) is 0 Å². The Hall–Kier alpha value is -7.48. The molecule has 3 unspecified atom stereocenters. The van der Waals surface area contributed by atoms with Crippen molar-refractivity contribution in [3.8, 4) is 11.1 Å². The van der Waals surface area contributed by atoms with E-state index in [1.165, 1.54) is 99.0 Å². The van der Waals surface area contributed by atoms with Crippen LogP contribution in [0.25, 0.3) is 49.4 Å². The maximum Gasteiger partial charge on any atom is 0.0630 e. The summed E-state index contributed by atoms with van der Waals surface area (Å²) in [5.41, 5.74) is 15.6. The molecule has 1 heterocycles. The van der Waals surface area contributed by atoms with Crippen LogP contribution in [0.3, 0.4) is 0 Å². The van der Waals surface area contributed by atoms with E-state index in [-0.39, 0.29) is 17.9 Å². The first-order valence-electron chi connectivity index (χ1n) is 21.6. The van der Waals surface area contributed by atoms with Crippen molar-refractivity contribution in [2.24, 2.45) is 0 Å². The van der Waals surface area contributed by atoms with Crippen molar-refractivity contribution in [3.05, 3.63) is 269 Å². The first kappa shape index (κ1) is 35.5. The third-order valence-corrected chi connectivity index (χ3v) is 13.4. The third-order valence-electron chi connectivity index (χ3n) is 13.4. The molecule has 0 spiro atoms. The van der Waals surface area contributed by atoms with Crippen LogP contribution in [0.15, 0.2) is 231 Å². The minimum absolute atomic E-state index is 0.141. The third kappa shape index (κ3) is 5.92.